The minimum Gasteiger partial charge on any atom is -0.490 e. The molecule has 0 heterocycles. The Morgan fingerprint density at radius 3 is 2.60 bits per heavy atom. The maximum Gasteiger partial charge on any atom is 0.255 e. The highest BCUT2D eigenvalue weighted by atomic mass is 79.9. The minimum atomic E-state index is -0.536. The fraction of sp³-hybridized carbons (Fsp3) is 0.278. The summed E-state index contributed by atoms with van der Waals surface area (Å²) in [4.78, 5) is 11.0. The molecule has 0 unspecified atom stereocenters. The monoisotopic (exact) mass is 470 g/mol. The Morgan fingerprint density at radius 2 is 1.96 bits per heavy atom. The molecule has 0 saturated carbocycles. The molecule has 0 aliphatic heterocycles. The summed E-state index contributed by atoms with van der Waals surface area (Å²) in [5, 5.41) is 3.41. The molecule has 0 radical (unpaired) electrons. The van der Waals surface area contributed by atoms with Crippen molar-refractivity contribution in [2.24, 2.45) is 5.73 Å². The van der Waals surface area contributed by atoms with Crippen LogP contribution in [0.25, 0.3) is 0 Å². The van der Waals surface area contributed by atoms with Gasteiger partial charge >= 0.3 is 0 Å². The average molecular weight is 472 g/mol. The van der Waals surface area contributed by atoms with Crippen molar-refractivity contribution in [3.8, 4) is 11.5 Å². The third-order valence-corrected chi connectivity index (χ3v) is 4.48. The topological polar surface area (TPSA) is 73.6 Å². The maximum absolute atomic E-state index is 11.0. The van der Waals surface area contributed by atoms with Gasteiger partial charge in [0.15, 0.2) is 18.1 Å². The Hall–Kier alpha value is -1.73. The highest BCUT2D eigenvalue weighted by molar-refractivity contribution is 9.10. The zero-order valence-electron chi connectivity index (χ0n) is 14.1. The van der Waals surface area contributed by atoms with Crippen molar-refractivity contribution >= 4 is 43.5 Å². The zero-order chi connectivity index (χ0) is 18.4. The molecule has 7 heteroatoms. The van der Waals surface area contributed by atoms with Gasteiger partial charge in [-0.25, -0.2) is 0 Å². The van der Waals surface area contributed by atoms with Crippen molar-refractivity contribution in [3.63, 3.8) is 0 Å². The van der Waals surface area contributed by atoms with Crippen LogP contribution in [0.2, 0.25) is 0 Å². The second-order valence-corrected chi connectivity index (χ2v) is 7.18. The van der Waals surface area contributed by atoms with Gasteiger partial charge in [0.05, 0.1) is 11.1 Å². The molecular formula is C18H20Br2N2O3. The smallest absolute Gasteiger partial charge is 0.255 e. The standard InChI is InChI=1S/C18H20Br2N2O3/c1-3-24-16-8-12(7-14(20)18(16)25-10-17(21)23)9-22-15-5-4-13(19)6-11(15)2/h4-8,22H,3,9-10H2,1-2H3,(H2,21,23). The maximum atomic E-state index is 11.0. The molecule has 0 fully saturated rings. The number of benzene rings is 2. The van der Waals surface area contributed by atoms with Crippen LogP contribution in [0.5, 0.6) is 11.5 Å². The number of hydrogen-bond donors (Lipinski definition) is 2. The number of anilines is 1. The van der Waals surface area contributed by atoms with E-state index in [1.54, 1.807) is 0 Å². The Kier molecular flexibility index (Phi) is 7.13. The highest BCUT2D eigenvalue weighted by Crippen LogP contribution is 2.37. The van der Waals surface area contributed by atoms with Gasteiger partial charge in [0.25, 0.3) is 5.91 Å². The van der Waals surface area contributed by atoms with Gasteiger partial charge in [0.2, 0.25) is 0 Å². The number of halogens is 2. The first-order valence-corrected chi connectivity index (χ1v) is 9.35. The molecule has 0 aliphatic rings. The van der Waals surface area contributed by atoms with Gasteiger partial charge in [0, 0.05) is 16.7 Å². The third kappa shape index (κ3) is 5.64. The Labute approximate surface area is 164 Å². The van der Waals surface area contributed by atoms with Crippen LogP contribution in [0, 0.1) is 6.92 Å². The molecule has 0 aliphatic carbocycles. The van der Waals surface area contributed by atoms with E-state index in [4.69, 9.17) is 15.2 Å². The molecular weight excluding hydrogens is 452 g/mol. The summed E-state index contributed by atoms with van der Waals surface area (Å²) in [5.74, 6) is 0.512. The van der Waals surface area contributed by atoms with Crippen molar-refractivity contribution in [3.05, 3.63) is 50.4 Å². The number of hydrogen-bond acceptors (Lipinski definition) is 4. The normalized spacial score (nSPS) is 10.4. The summed E-state index contributed by atoms with van der Waals surface area (Å²) in [7, 11) is 0. The van der Waals surface area contributed by atoms with E-state index < -0.39 is 5.91 Å². The van der Waals surface area contributed by atoms with E-state index in [0.29, 0.717) is 29.1 Å². The van der Waals surface area contributed by atoms with E-state index in [2.05, 4.69) is 50.2 Å². The van der Waals surface area contributed by atoms with E-state index in [0.717, 1.165) is 21.3 Å². The van der Waals surface area contributed by atoms with Gasteiger partial charge in [-0.1, -0.05) is 15.9 Å². The van der Waals surface area contributed by atoms with E-state index in [9.17, 15) is 4.79 Å². The number of rotatable bonds is 8. The van der Waals surface area contributed by atoms with Crippen LogP contribution in [-0.4, -0.2) is 19.1 Å². The van der Waals surface area contributed by atoms with Crippen LogP contribution in [0.4, 0.5) is 5.69 Å². The first kappa shape index (κ1) is 19.6. The van der Waals surface area contributed by atoms with Crippen molar-refractivity contribution in [1.82, 2.24) is 0 Å². The van der Waals surface area contributed by atoms with E-state index in [1.807, 2.05) is 31.2 Å². The van der Waals surface area contributed by atoms with Gasteiger partial charge in [0.1, 0.15) is 0 Å². The molecule has 134 valence electrons. The predicted octanol–water partition coefficient (Wildman–Crippen LogP) is 4.39. The van der Waals surface area contributed by atoms with Crippen LogP contribution in [0.1, 0.15) is 18.1 Å². The quantitative estimate of drug-likeness (QED) is 0.598. The van der Waals surface area contributed by atoms with E-state index in [-0.39, 0.29) is 6.61 Å². The van der Waals surface area contributed by atoms with Gasteiger partial charge < -0.3 is 20.5 Å². The number of nitrogens with two attached hydrogens (primary N) is 1. The molecule has 0 bridgehead atoms. The van der Waals surface area contributed by atoms with Crippen molar-refractivity contribution in [2.45, 2.75) is 20.4 Å². The lowest BCUT2D eigenvalue weighted by Gasteiger charge is -2.16. The first-order chi connectivity index (χ1) is 11.9. The Bertz CT molecular complexity index is 766. The molecule has 0 aromatic heterocycles. The number of carbonyl (C=O) groups is 1. The lowest BCUT2D eigenvalue weighted by molar-refractivity contribution is -0.119. The Morgan fingerprint density at radius 1 is 1.20 bits per heavy atom. The molecule has 3 N–H and O–H groups in total. The summed E-state index contributed by atoms with van der Waals surface area (Å²) in [5.41, 5.74) is 8.38. The second-order valence-electron chi connectivity index (χ2n) is 5.41. The van der Waals surface area contributed by atoms with Gasteiger partial charge in [-0.2, -0.15) is 0 Å². The molecule has 2 aromatic carbocycles. The fourth-order valence-electron chi connectivity index (χ4n) is 2.29. The summed E-state index contributed by atoms with van der Waals surface area (Å²) in [6.45, 7) is 4.85. The molecule has 0 atom stereocenters. The van der Waals surface area contributed by atoms with Crippen LogP contribution < -0.4 is 20.5 Å². The van der Waals surface area contributed by atoms with Crippen LogP contribution in [-0.2, 0) is 11.3 Å². The average Bonchev–Trinajstić information content (AvgIpc) is 2.53. The summed E-state index contributed by atoms with van der Waals surface area (Å²) in [6.07, 6.45) is 0. The molecule has 5 nitrogen and oxygen atoms in total. The minimum absolute atomic E-state index is 0.200. The second kappa shape index (κ2) is 9.10. The highest BCUT2D eigenvalue weighted by Gasteiger charge is 2.13. The third-order valence-electron chi connectivity index (χ3n) is 3.40. The van der Waals surface area contributed by atoms with Crippen molar-refractivity contribution in [2.75, 3.05) is 18.5 Å². The summed E-state index contributed by atoms with van der Waals surface area (Å²) >= 11 is 6.94. The predicted molar refractivity (Wildman–Crippen MR) is 106 cm³/mol. The van der Waals surface area contributed by atoms with E-state index >= 15 is 0 Å². The number of nitrogens with one attached hydrogen (secondary N) is 1. The largest absolute Gasteiger partial charge is 0.490 e. The lowest BCUT2D eigenvalue weighted by atomic mass is 10.1. The fourth-order valence-corrected chi connectivity index (χ4v) is 3.37. The van der Waals surface area contributed by atoms with Gasteiger partial charge in [-0.3, -0.25) is 4.79 Å². The van der Waals surface area contributed by atoms with E-state index in [1.165, 1.54) is 0 Å². The molecule has 0 saturated heterocycles. The number of carbonyl (C=O) groups excluding carboxylic acids is 1. The van der Waals surface area contributed by atoms with Gasteiger partial charge in [-0.05, 0) is 71.2 Å². The SMILES string of the molecule is CCOc1cc(CNc2ccc(Br)cc2C)cc(Br)c1OCC(N)=O. The summed E-state index contributed by atoms with van der Waals surface area (Å²) < 4.78 is 12.9. The molecule has 25 heavy (non-hydrogen) atoms. The van der Waals surface area contributed by atoms with Crippen molar-refractivity contribution in [1.29, 1.82) is 0 Å². The summed E-state index contributed by atoms with van der Waals surface area (Å²) in [6, 6.07) is 9.91. The van der Waals surface area contributed by atoms with Crippen molar-refractivity contribution < 1.29 is 14.3 Å². The molecule has 2 aromatic rings. The lowest BCUT2D eigenvalue weighted by Crippen LogP contribution is -2.20. The van der Waals surface area contributed by atoms with Crippen LogP contribution >= 0.6 is 31.9 Å². The number of amides is 1. The number of ether oxygens (including phenoxy) is 2. The first-order valence-electron chi connectivity index (χ1n) is 7.77. The number of aryl methyl sites for hydroxylation is 1. The van der Waals surface area contributed by atoms with Crippen LogP contribution in [0.15, 0.2) is 39.3 Å². The molecule has 0 spiro atoms. The van der Waals surface area contributed by atoms with Gasteiger partial charge in [-0.15, -0.1) is 0 Å². The Balaban J connectivity index is 2.19. The molecule has 1 amide bonds. The number of primary amides is 1. The molecule has 2 rings (SSSR count). The van der Waals surface area contributed by atoms with Crippen LogP contribution in [0.3, 0.4) is 0 Å². The zero-order valence-corrected chi connectivity index (χ0v) is 17.2.